The first kappa shape index (κ1) is 21.4. The highest BCUT2D eigenvalue weighted by atomic mass is 16.5. The number of anilines is 2. The molecule has 2 aromatic heterocycles. The van der Waals surface area contributed by atoms with Gasteiger partial charge in [0.15, 0.2) is 23.0 Å². The van der Waals surface area contributed by atoms with Crippen LogP contribution in [0.25, 0.3) is 0 Å². The van der Waals surface area contributed by atoms with Crippen LogP contribution in [0, 0.1) is 0 Å². The van der Waals surface area contributed by atoms with Crippen molar-refractivity contribution >= 4 is 23.4 Å². The molecular weight excluding hydrogens is 434 g/mol. The van der Waals surface area contributed by atoms with Crippen LogP contribution in [-0.4, -0.2) is 44.9 Å². The third-order valence-electron chi connectivity index (χ3n) is 5.27. The predicted molar refractivity (Wildman–Crippen MR) is 127 cm³/mol. The van der Waals surface area contributed by atoms with Gasteiger partial charge in [-0.15, -0.1) is 5.10 Å². The van der Waals surface area contributed by atoms with Crippen LogP contribution in [0.3, 0.4) is 0 Å². The molecule has 5 rings (SSSR count). The molecule has 0 atom stereocenters. The number of nitrogens with zero attached hydrogens (tertiary/aromatic N) is 6. The van der Waals surface area contributed by atoms with Crippen molar-refractivity contribution in [3.63, 3.8) is 0 Å². The van der Waals surface area contributed by atoms with Crippen molar-refractivity contribution in [3.05, 3.63) is 66.2 Å². The summed E-state index contributed by atoms with van der Waals surface area (Å²) in [7, 11) is 1.59. The molecule has 1 aliphatic heterocycles. The Bertz CT molecular complexity index is 1320. The van der Waals surface area contributed by atoms with E-state index in [0.717, 1.165) is 17.7 Å². The van der Waals surface area contributed by atoms with E-state index in [4.69, 9.17) is 14.2 Å². The minimum atomic E-state index is 0.345. The number of aryl methyl sites for hydroxylation is 1. The lowest BCUT2D eigenvalue weighted by Crippen LogP contribution is -2.09. The van der Waals surface area contributed by atoms with E-state index in [2.05, 4.69) is 49.6 Å². The molecule has 0 saturated carbocycles. The highest BCUT2D eigenvalue weighted by Crippen LogP contribution is 2.42. The van der Waals surface area contributed by atoms with Gasteiger partial charge in [0.1, 0.15) is 18.7 Å². The summed E-state index contributed by atoms with van der Waals surface area (Å²) in [4.78, 5) is 13.3. The first-order valence-electron chi connectivity index (χ1n) is 10.9. The second-order valence-corrected chi connectivity index (χ2v) is 7.47. The summed E-state index contributed by atoms with van der Waals surface area (Å²) < 4.78 is 19.3. The zero-order valence-corrected chi connectivity index (χ0v) is 18.8. The van der Waals surface area contributed by atoms with Gasteiger partial charge in [-0.05, 0) is 30.2 Å². The molecule has 1 aliphatic rings. The average Bonchev–Trinajstić information content (AvgIpc) is 3.31. The minimum absolute atomic E-state index is 0.345. The van der Waals surface area contributed by atoms with Gasteiger partial charge in [0.25, 0.3) is 5.88 Å². The molecule has 0 saturated heterocycles. The summed E-state index contributed by atoms with van der Waals surface area (Å²) in [5, 5.41) is 11.1. The van der Waals surface area contributed by atoms with Gasteiger partial charge in [-0.1, -0.05) is 24.3 Å². The Kier molecular flexibility index (Phi) is 6.02. The number of aliphatic imine (C=N–C) groups is 1. The maximum absolute atomic E-state index is 6.14. The maximum Gasteiger partial charge on any atom is 0.250 e. The molecule has 1 N–H and O–H groups in total. The summed E-state index contributed by atoms with van der Waals surface area (Å²) in [6.45, 7) is 3.05. The van der Waals surface area contributed by atoms with E-state index in [0.29, 0.717) is 47.8 Å². The van der Waals surface area contributed by atoms with E-state index in [1.54, 1.807) is 36.5 Å². The van der Waals surface area contributed by atoms with Gasteiger partial charge in [-0.25, -0.2) is 14.7 Å². The molecule has 10 nitrogen and oxygen atoms in total. The van der Waals surface area contributed by atoms with E-state index in [9.17, 15) is 0 Å². The van der Waals surface area contributed by atoms with E-state index < -0.39 is 0 Å². The largest absolute Gasteiger partial charge is 0.493 e. The van der Waals surface area contributed by atoms with Gasteiger partial charge in [-0.2, -0.15) is 4.98 Å². The standard InChI is InChI=1S/C24H23N7O3/c1-3-16-5-4-6-18(11-16)29-23-22-24(27-15-26-23)34-19-13-21(20(32-2)12-17(19)14-25-22)33-10-9-31-8-7-28-30-31/h4-8,11-15H,3,9-10H2,1-2H3,(H,26,27,29). The molecule has 0 fully saturated rings. The van der Waals surface area contributed by atoms with Crippen molar-refractivity contribution in [2.45, 2.75) is 19.9 Å². The molecule has 0 amide bonds. The Hall–Kier alpha value is -4.47. The molecular formula is C24H23N7O3. The fourth-order valence-corrected chi connectivity index (χ4v) is 3.51. The Morgan fingerprint density at radius 3 is 2.88 bits per heavy atom. The number of hydrogen-bond acceptors (Lipinski definition) is 9. The van der Waals surface area contributed by atoms with Crippen molar-refractivity contribution in [1.82, 2.24) is 25.0 Å². The van der Waals surface area contributed by atoms with Crippen LogP contribution in [0.2, 0.25) is 0 Å². The zero-order valence-electron chi connectivity index (χ0n) is 18.8. The Balaban J connectivity index is 1.41. The van der Waals surface area contributed by atoms with Crippen LogP contribution in [0.5, 0.6) is 23.1 Å². The minimum Gasteiger partial charge on any atom is -0.493 e. The lowest BCUT2D eigenvalue weighted by molar-refractivity contribution is 0.272. The number of nitrogens with one attached hydrogen (secondary N) is 1. The number of methoxy groups -OCH3 is 1. The van der Waals surface area contributed by atoms with Crippen molar-refractivity contribution < 1.29 is 14.2 Å². The third kappa shape index (κ3) is 4.51. The van der Waals surface area contributed by atoms with Crippen LogP contribution in [0.1, 0.15) is 18.1 Å². The molecule has 0 bridgehead atoms. The molecule has 4 aromatic rings. The number of rotatable bonds is 8. The number of fused-ring (bicyclic) bond motifs is 2. The second-order valence-electron chi connectivity index (χ2n) is 7.47. The summed E-state index contributed by atoms with van der Waals surface area (Å²) in [6, 6.07) is 11.8. The lowest BCUT2D eigenvalue weighted by Gasteiger charge is -2.14. The molecule has 10 heteroatoms. The SMILES string of the molecule is CCc1cccc(Nc2ncnc3c2N=Cc2cc(OC)c(OCCn4ccnn4)cc2O3)c1. The van der Waals surface area contributed by atoms with Crippen molar-refractivity contribution in [1.29, 1.82) is 0 Å². The van der Waals surface area contributed by atoms with Crippen LogP contribution in [0.4, 0.5) is 17.2 Å². The molecule has 172 valence electrons. The van der Waals surface area contributed by atoms with Crippen LogP contribution in [0.15, 0.2) is 60.1 Å². The Morgan fingerprint density at radius 1 is 1.12 bits per heavy atom. The van der Waals surface area contributed by atoms with Crippen LogP contribution < -0.4 is 19.5 Å². The monoisotopic (exact) mass is 457 g/mol. The molecule has 0 radical (unpaired) electrons. The Labute approximate surface area is 196 Å². The number of benzene rings is 2. The quantitative estimate of drug-likeness (QED) is 0.367. The molecule has 3 heterocycles. The highest BCUT2D eigenvalue weighted by Gasteiger charge is 2.20. The highest BCUT2D eigenvalue weighted by molar-refractivity contribution is 5.90. The predicted octanol–water partition coefficient (Wildman–Crippen LogP) is 4.32. The first-order chi connectivity index (χ1) is 16.7. The second kappa shape index (κ2) is 9.57. The van der Waals surface area contributed by atoms with Gasteiger partial charge >= 0.3 is 0 Å². The number of ether oxygens (including phenoxy) is 3. The van der Waals surface area contributed by atoms with Gasteiger partial charge in [0.2, 0.25) is 0 Å². The van der Waals surface area contributed by atoms with Crippen LogP contribution in [-0.2, 0) is 13.0 Å². The summed E-state index contributed by atoms with van der Waals surface area (Å²) in [5.41, 5.74) is 3.38. The van der Waals surface area contributed by atoms with Gasteiger partial charge in [0.05, 0.1) is 19.9 Å². The molecule has 0 aliphatic carbocycles. The fourth-order valence-electron chi connectivity index (χ4n) is 3.51. The van der Waals surface area contributed by atoms with E-state index in [1.165, 1.54) is 11.9 Å². The van der Waals surface area contributed by atoms with E-state index >= 15 is 0 Å². The van der Waals surface area contributed by atoms with Gasteiger partial charge < -0.3 is 19.5 Å². The lowest BCUT2D eigenvalue weighted by atomic mass is 10.1. The maximum atomic E-state index is 6.14. The smallest absolute Gasteiger partial charge is 0.250 e. The van der Waals surface area contributed by atoms with Gasteiger partial charge in [-0.3, -0.25) is 0 Å². The third-order valence-corrected chi connectivity index (χ3v) is 5.27. The van der Waals surface area contributed by atoms with Crippen LogP contribution >= 0.6 is 0 Å². The van der Waals surface area contributed by atoms with Crippen molar-refractivity contribution in [3.8, 4) is 23.1 Å². The summed E-state index contributed by atoms with van der Waals surface area (Å²) in [5.74, 6) is 2.56. The topological polar surface area (TPSA) is 109 Å². The summed E-state index contributed by atoms with van der Waals surface area (Å²) in [6.07, 6.45) is 7.50. The molecule has 0 unspecified atom stereocenters. The molecule has 0 spiro atoms. The van der Waals surface area contributed by atoms with Gasteiger partial charge in [0, 0.05) is 29.7 Å². The number of hydrogen-bond donors (Lipinski definition) is 1. The van der Waals surface area contributed by atoms with Crippen molar-refractivity contribution in [2.24, 2.45) is 4.99 Å². The number of aromatic nitrogens is 5. The summed E-state index contributed by atoms with van der Waals surface area (Å²) >= 11 is 0. The molecule has 2 aromatic carbocycles. The normalized spacial score (nSPS) is 11.7. The zero-order chi connectivity index (χ0) is 23.3. The van der Waals surface area contributed by atoms with E-state index in [-0.39, 0.29) is 0 Å². The van der Waals surface area contributed by atoms with E-state index in [1.807, 2.05) is 18.2 Å². The van der Waals surface area contributed by atoms with Crippen molar-refractivity contribution in [2.75, 3.05) is 19.0 Å². The first-order valence-corrected chi connectivity index (χ1v) is 10.9. The fraction of sp³-hybridized carbons (Fsp3) is 0.208. The Morgan fingerprint density at radius 2 is 2.06 bits per heavy atom. The average molecular weight is 457 g/mol. The molecule has 34 heavy (non-hydrogen) atoms.